The van der Waals surface area contributed by atoms with Crippen molar-refractivity contribution in [3.05, 3.63) is 33.8 Å². The first-order valence-electron chi connectivity index (χ1n) is 4.30. The maximum atomic E-state index is 5.88. The molecule has 0 nitrogen and oxygen atoms in total. The van der Waals surface area contributed by atoms with Gasteiger partial charge in [0.2, 0.25) is 0 Å². The zero-order valence-corrected chi connectivity index (χ0v) is 10.5. The number of hydrogen-bond donors (Lipinski definition) is 0. The molecule has 0 saturated heterocycles. The van der Waals surface area contributed by atoms with E-state index in [2.05, 4.69) is 48.8 Å². The first kappa shape index (κ1) is 11.1. The van der Waals surface area contributed by atoms with Crippen LogP contribution in [0.25, 0.3) is 0 Å². The maximum absolute atomic E-state index is 5.88. The van der Waals surface area contributed by atoms with Crippen molar-refractivity contribution in [1.29, 1.82) is 0 Å². The standard InChI is InChI=1S/C11H14BrCl/c1-11(2,3)10-6-9(12)5-4-8(10)7-13/h4-6H,7H2,1-3H3. The topological polar surface area (TPSA) is 0 Å². The SMILES string of the molecule is CC(C)(C)c1cc(Br)ccc1CCl. The quantitative estimate of drug-likeness (QED) is 0.654. The molecule has 1 rings (SSSR count). The van der Waals surface area contributed by atoms with Gasteiger partial charge in [-0.1, -0.05) is 42.8 Å². The molecule has 0 saturated carbocycles. The molecule has 0 aliphatic heterocycles. The monoisotopic (exact) mass is 260 g/mol. The Balaban J connectivity index is 3.24. The predicted molar refractivity (Wildman–Crippen MR) is 62.4 cm³/mol. The van der Waals surface area contributed by atoms with E-state index in [0.29, 0.717) is 5.88 Å². The predicted octanol–water partition coefficient (Wildman–Crippen LogP) is 4.49. The average molecular weight is 262 g/mol. The molecule has 0 aliphatic carbocycles. The Morgan fingerprint density at radius 3 is 2.38 bits per heavy atom. The van der Waals surface area contributed by atoms with Gasteiger partial charge in [-0.15, -0.1) is 11.6 Å². The molecule has 0 spiro atoms. The van der Waals surface area contributed by atoms with Crippen molar-refractivity contribution < 1.29 is 0 Å². The van der Waals surface area contributed by atoms with Crippen LogP contribution < -0.4 is 0 Å². The van der Waals surface area contributed by atoms with Crippen molar-refractivity contribution in [2.24, 2.45) is 0 Å². The summed E-state index contributed by atoms with van der Waals surface area (Å²) in [6.07, 6.45) is 0. The fraction of sp³-hybridized carbons (Fsp3) is 0.455. The van der Waals surface area contributed by atoms with Crippen LogP contribution in [-0.2, 0) is 11.3 Å². The number of rotatable bonds is 1. The molecule has 0 unspecified atom stereocenters. The molecule has 0 atom stereocenters. The molecule has 0 heterocycles. The van der Waals surface area contributed by atoms with Gasteiger partial charge >= 0.3 is 0 Å². The van der Waals surface area contributed by atoms with Crippen molar-refractivity contribution in [1.82, 2.24) is 0 Å². The van der Waals surface area contributed by atoms with Gasteiger partial charge in [0.05, 0.1) is 0 Å². The fourth-order valence-electron chi connectivity index (χ4n) is 1.36. The van der Waals surface area contributed by atoms with Gasteiger partial charge in [0.1, 0.15) is 0 Å². The van der Waals surface area contributed by atoms with E-state index in [1.54, 1.807) is 0 Å². The van der Waals surface area contributed by atoms with E-state index in [1.165, 1.54) is 11.1 Å². The molecule has 1 aromatic rings. The maximum Gasteiger partial charge on any atom is 0.0477 e. The van der Waals surface area contributed by atoms with Crippen LogP contribution in [0.3, 0.4) is 0 Å². The van der Waals surface area contributed by atoms with E-state index in [1.807, 2.05) is 6.07 Å². The molecule has 0 radical (unpaired) electrons. The molecule has 0 N–H and O–H groups in total. The van der Waals surface area contributed by atoms with Gasteiger partial charge in [0.15, 0.2) is 0 Å². The van der Waals surface area contributed by atoms with E-state index in [9.17, 15) is 0 Å². The summed E-state index contributed by atoms with van der Waals surface area (Å²) in [5.41, 5.74) is 2.70. The van der Waals surface area contributed by atoms with Gasteiger partial charge in [-0.25, -0.2) is 0 Å². The molecule has 13 heavy (non-hydrogen) atoms. The van der Waals surface area contributed by atoms with Crippen LogP contribution in [0.2, 0.25) is 0 Å². The lowest BCUT2D eigenvalue weighted by atomic mass is 9.84. The summed E-state index contributed by atoms with van der Waals surface area (Å²) in [7, 11) is 0. The van der Waals surface area contributed by atoms with Gasteiger partial charge < -0.3 is 0 Å². The molecule has 1 aromatic carbocycles. The second-order valence-corrected chi connectivity index (χ2v) is 5.37. The lowest BCUT2D eigenvalue weighted by Crippen LogP contribution is -2.13. The first-order chi connectivity index (χ1) is 5.95. The molecule has 0 amide bonds. The fourth-order valence-corrected chi connectivity index (χ4v) is 1.96. The number of halogens is 2. The van der Waals surface area contributed by atoms with Crippen LogP contribution in [0.5, 0.6) is 0 Å². The highest BCUT2D eigenvalue weighted by atomic mass is 79.9. The van der Waals surface area contributed by atoms with Gasteiger partial charge in [-0.05, 0) is 28.7 Å². The lowest BCUT2D eigenvalue weighted by Gasteiger charge is -2.22. The Bertz CT molecular complexity index is 299. The molecule has 0 fully saturated rings. The highest BCUT2D eigenvalue weighted by Crippen LogP contribution is 2.29. The van der Waals surface area contributed by atoms with Crippen LogP contribution >= 0.6 is 27.5 Å². The third-order valence-electron chi connectivity index (χ3n) is 2.02. The van der Waals surface area contributed by atoms with E-state index >= 15 is 0 Å². The Morgan fingerprint density at radius 1 is 1.31 bits per heavy atom. The highest BCUT2D eigenvalue weighted by molar-refractivity contribution is 9.10. The largest absolute Gasteiger partial charge is 0.122 e. The summed E-state index contributed by atoms with van der Waals surface area (Å²) >= 11 is 9.35. The van der Waals surface area contributed by atoms with Crippen molar-refractivity contribution in [3.8, 4) is 0 Å². The Kier molecular flexibility index (Phi) is 3.42. The van der Waals surface area contributed by atoms with Gasteiger partial charge in [-0.2, -0.15) is 0 Å². The number of alkyl halides is 1. The summed E-state index contributed by atoms with van der Waals surface area (Å²) in [4.78, 5) is 0. The molecule has 2 heteroatoms. The molecule has 0 aromatic heterocycles. The van der Waals surface area contributed by atoms with E-state index in [0.717, 1.165) is 4.47 Å². The minimum absolute atomic E-state index is 0.161. The van der Waals surface area contributed by atoms with Crippen LogP contribution in [0.15, 0.2) is 22.7 Å². The lowest BCUT2D eigenvalue weighted by molar-refractivity contribution is 0.585. The third kappa shape index (κ3) is 2.72. The minimum atomic E-state index is 0.161. The van der Waals surface area contributed by atoms with Crippen molar-refractivity contribution in [2.45, 2.75) is 32.1 Å². The summed E-state index contributed by atoms with van der Waals surface area (Å²) in [6, 6.07) is 6.27. The smallest absolute Gasteiger partial charge is 0.0477 e. The Hall–Kier alpha value is -0.0100. The van der Waals surface area contributed by atoms with Crippen LogP contribution in [0.1, 0.15) is 31.9 Å². The third-order valence-corrected chi connectivity index (χ3v) is 2.81. The second kappa shape index (κ2) is 4.02. The number of benzene rings is 1. The van der Waals surface area contributed by atoms with E-state index in [-0.39, 0.29) is 5.41 Å². The van der Waals surface area contributed by atoms with Gasteiger partial charge in [0, 0.05) is 10.4 Å². The van der Waals surface area contributed by atoms with Gasteiger partial charge in [-0.3, -0.25) is 0 Å². The second-order valence-electron chi connectivity index (χ2n) is 4.19. The number of hydrogen-bond acceptors (Lipinski definition) is 0. The van der Waals surface area contributed by atoms with Gasteiger partial charge in [0.25, 0.3) is 0 Å². The Labute approximate surface area is 93.4 Å². The average Bonchev–Trinajstić information content (AvgIpc) is 2.03. The first-order valence-corrected chi connectivity index (χ1v) is 5.63. The normalized spacial score (nSPS) is 11.8. The minimum Gasteiger partial charge on any atom is -0.122 e. The molecule has 72 valence electrons. The van der Waals surface area contributed by atoms with E-state index < -0.39 is 0 Å². The Morgan fingerprint density at radius 2 is 1.92 bits per heavy atom. The van der Waals surface area contributed by atoms with Crippen molar-refractivity contribution in [2.75, 3.05) is 0 Å². The molecular formula is C11H14BrCl. The van der Waals surface area contributed by atoms with Crippen LogP contribution in [-0.4, -0.2) is 0 Å². The summed E-state index contributed by atoms with van der Waals surface area (Å²) in [5.74, 6) is 0.583. The van der Waals surface area contributed by atoms with Crippen LogP contribution in [0, 0.1) is 0 Å². The highest BCUT2D eigenvalue weighted by Gasteiger charge is 2.17. The van der Waals surface area contributed by atoms with E-state index in [4.69, 9.17) is 11.6 Å². The zero-order chi connectivity index (χ0) is 10.1. The summed E-state index contributed by atoms with van der Waals surface area (Å²) < 4.78 is 1.12. The summed E-state index contributed by atoms with van der Waals surface area (Å²) in [5, 5.41) is 0. The van der Waals surface area contributed by atoms with Crippen molar-refractivity contribution in [3.63, 3.8) is 0 Å². The molecule has 0 aliphatic rings. The van der Waals surface area contributed by atoms with Crippen molar-refractivity contribution >= 4 is 27.5 Å². The molecular weight excluding hydrogens is 247 g/mol. The summed E-state index contributed by atoms with van der Waals surface area (Å²) in [6.45, 7) is 6.60. The molecule has 0 bridgehead atoms. The zero-order valence-electron chi connectivity index (χ0n) is 8.20. The van der Waals surface area contributed by atoms with Crippen LogP contribution in [0.4, 0.5) is 0 Å².